The smallest absolute Gasteiger partial charge is 0.433 e. The molecule has 0 fully saturated rings. The van der Waals surface area contributed by atoms with Crippen LogP contribution < -0.4 is 21.3 Å². The van der Waals surface area contributed by atoms with Crippen LogP contribution in [0.4, 0.5) is 74.9 Å². The van der Waals surface area contributed by atoms with Gasteiger partial charge in [0.2, 0.25) is 0 Å². The molecule has 616 valence electrons. The van der Waals surface area contributed by atoms with Gasteiger partial charge < -0.3 is 46.1 Å². The predicted octanol–water partition coefficient (Wildman–Crippen LogP) is 22.3. The molecule has 0 aliphatic heterocycles. The summed E-state index contributed by atoms with van der Waals surface area (Å²) >= 11 is 26.1. The molecule has 0 radical (unpaired) electrons. The van der Waals surface area contributed by atoms with E-state index in [0.717, 1.165) is 81.9 Å². The Morgan fingerprint density at radius 1 is 0.347 bits per heavy atom. The van der Waals surface area contributed by atoms with Crippen LogP contribution in [0.5, 0.6) is 11.5 Å². The van der Waals surface area contributed by atoms with Crippen LogP contribution in [-0.2, 0) is 24.7 Å². The van der Waals surface area contributed by atoms with E-state index in [9.17, 15) is 82.1 Å². The largest absolute Gasteiger partial charge is 0.508 e. The number of benzene rings is 7. The lowest BCUT2D eigenvalue weighted by Crippen LogP contribution is -2.16. The van der Waals surface area contributed by atoms with E-state index in [1.807, 2.05) is 48.5 Å². The van der Waals surface area contributed by atoms with Crippen molar-refractivity contribution in [3.8, 4) is 57.2 Å². The van der Waals surface area contributed by atoms with Crippen molar-refractivity contribution in [1.29, 1.82) is 0 Å². The lowest BCUT2D eigenvalue weighted by Gasteiger charge is -2.11. The number of rotatable bonds is 12. The van der Waals surface area contributed by atoms with Crippen LogP contribution in [0, 0.1) is 27.7 Å². The maximum absolute atomic E-state index is 12.8. The lowest BCUT2D eigenvalue weighted by molar-refractivity contribution is -0.142. The molecule has 16 aromatic rings. The number of aromatic amines is 4. The highest BCUT2D eigenvalue weighted by atomic mass is 35.5. The van der Waals surface area contributed by atoms with Gasteiger partial charge in [-0.1, -0.05) is 88.1 Å². The van der Waals surface area contributed by atoms with Gasteiger partial charge in [-0.25, -0.2) is 44.9 Å². The van der Waals surface area contributed by atoms with E-state index in [2.05, 4.69) is 86.1 Å². The molecular weight excluding hydrogens is 1710 g/mol. The standard InChI is InChI=1S/2C21H14ClF3N4O2.C21H14ClF3N4O.C18H11ClF3N5OS/c1-10-13(4-7-18(26-10)21(23,24)25)20(31)27-11-2-5-15(22)14(8-11)19-28-16-6-3-12(30)9-17(16)29-19;1-10-12(6-8-17(26-10)21(23,24)25)20(31)27-11-5-7-14(22)13(9-11)19-28-15-3-2-4-16(30)18(15)29-19;1-11-13(7-9-18(26-11)21(23,24)25)20(30)27-12-6-8-15(22)14(10-12)19-28-16-4-2-3-5-17(16)29-19;1-8-9(6-7-12(23-8)18(20,21)22)16(28)27-17-26-13(14(19)29-17)15-24-10-4-2-3-5-11(10)25-15/h2*2-9,30H,1H3,(H,27,31)(H,28,29);2-10H,1H3,(H,27,30)(H,28,29);2-7H,1H3,(H,24,25)(H,26,27,28). The number of amides is 4. The van der Waals surface area contributed by atoms with Crippen molar-refractivity contribution < 1.29 is 82.1 Å². The number of thiazole rings is 1. The monoisotopic (exact) mass is 1760 g/mol. The van der Waals surface area contributed by atoms with Gasteiger partial charge in [-0.05, 0) is 179 Å². The lowest BCUT2D eigenvalue weighted by atomic mass is 10.1. The summed E-state index contributed by atoms with van der Waals surface area (Å²) in [7, 11) is 0. The normalized spacial score (nSPS) is 11.7. The Bertz CT molecular complexity index is 6660. The third-order valence-electron chi connectivity index (χ3n) is 17.7. The zero-order chi connectivity index (χ0) is 86.9. The van der Waals surface area contributed by atoms with Crippen molar-refractivity contribution in [3.05, 3.63) is 275 Å². The molecule has 40 heteroatoms. The van der Waals surface area contributed by atoms with Crippen molar-refractivity contribution in [2.24, 2.45) is 0 Å². The summed E-state index contributed by atoms with van der Waals surface area (Å²) in [4.78, 5) is 98.5. The number of phenols is 2. The van der Waals surface area contributed by atoms with Crippen LogP contribution in [0.3, 0.4) is 0 Å². The summed E-state index contributed by atoms with van der Waals surface area (Å²) in [6.07, 6.45) is -18.3. The first kappa shape index (κ1) is 85.3. The highest BCUT2D eigenvalue weighted by Gasteiger charge is 2.37. The second-order valence-corrected chi connectivity index (χ2v) is 28.9. The highest BCUT2D eigenvalue weighted by molar-refractivity contribution is 7.20. The molecule has 0 saturated heterocycles. The van der Waals surface area contributed by atoms with Crippen LogP contribution in [0.2, 0.25) is 19.4 Å². The van der Waals surface area contributed by atoms with E-state index < -0.39 is 71.1 Å². The van der Waals surface area contributed by atoms with E-state index in [1.54, 1.807) is 72.8 Å². The van der Waals surface area contributed by atoms with Crippen molar-refractivity contribution in [3.63, 3.8) is 0 Å². The number of carbonyl (C=O) groups is 4. The molecule has 0 unspecified atom stereocenters. The summed E-state index contributed by atoms with van der Waals surface area (Å²) in [5.74, 6) is -0.571. The highest BCUT2D eigenvalue weighted by Crippen LogP contribution is 2.40. The number of halogens is 16. The number of fused-ring (bicyclic) bond motifs is 4. The number of H-pyrrole nitrogens is 4. The van der Waals surface area contributed by atoms with Crippen LogP contribution in [0.1, 0.15) is 87.0 Å². The molecule has 0 bridgehead atoms. The number of hydrogen-bond acceptors (Lipinski definition) is 16. The molecule has 9 aromatic heterocycles. The average molecular weight is 1760 g/mol. The molecular formula is C81H53Cl4F12N17O6S. The number of alkyl halides is 12. The predicted molar refractivity (Wildman–Crippen MR) is 433 cm³/mol. The molecule has 23 nitrogen and oxygen atoms in total. The first-order valence-corrected chi connectivity index (χ1v) is 37.3. The van der Waals surface area contributed by atoms with E-state index in [1.165, 1.54) is 45.9 Å². The number of pyridine rings is 4. The Morgan fingerprint density at radius 3 is 1.07 bits per heavy atom. The van der Waals surface area contributed by atoms with Crippen molar-refractivity contribution in [2.75, 3.05) is 21.3 Å². The van der Waals surface area contributed by atoms with Gasteiger partial charge in [0.05, 0.1) is 98.7 Å². The van der Waals surface area contributed by atoms with Crippen LogP contribution >= 0.6 is 57.7 Å². The minimum absolute atomic E-state index is 0.00542. The zero-order valence-corrected chi connectivity index (χ0v) is 65.7. The van der Waals surface area contributed by atoms with Crippen molar-refractivity contribution in [1.82, 2.24) is 64.8 Å². The van der Waals surface area contributed by atoms with Crippen LogP contribution in [-0.4, -0.2) is 98.6 Å². The Kier molecular flexibility index (Phi) is 24.3. The van der Waals surface area contributed by atoms with Gasteiger partial charge in [0.15, 0.2) is 11.0 Å². The molecule has 121 heavy (non-hydrogen) atoms. The summed E-state index contributed by atoms with van der Waals surface area (Å²) in [6.45, 7) is 5.35. The second kappa shape index (κ2) is 34.4. The Balaban J connectivity index is 0.000000139. The second-order valence-electron chi connectivity index (χ2n) is 26.1. The van der Waals surface area contributed by atoms with Gasteiger partial charge in [-0.3, -0.25) is 24.5 Å². The minimum Gasteiger partial charge on any atom is -0.508 e. The minimum atomic E-state index is -4.59. The number of aromatic hydroxyl groups is 2. The fourth-order valence-corrected chi connectivity index (χ4v) is 13.5. The number of carbonyl (C=O) groups excluding carboxylic acids is 4. The van der Waals surface area contributed by atoms with Crippen molar-refractivity contribution >= 4 is 148 Å². The molecule has 10 N–H and O–H groups in total. The average Bonchev–Trinajstić information content (AvgIpc) is 1.68. The van der Waals surface area contributed by atoms with Gasteiger partial charge >= 0.3 is 24.7 Å². The van der Waals surface area contributed by atoms with Gasteiger partial charge in [0, 0.05) is 39.8 Å². The third-order valence-corrected chi connectivity index (χ3v) is 19.8. The number of para-hydroxylation sites is 5. The molecule has 0 spiro atoms. The van der Waals surface area contributed by atoms with Gasteiger partial charge in [-0.15, -0.1) is 0 Å². The molecule has 0 atom stereocenters. The summed E-state index contributed by atoms with van der Waals surface area (Å²) in [5, 5.41) is 31.4. The molecule has 16 rings (SSSR count). The first-order chi connectivity index (χ1) is 57.2. The van der Waals surface area contributed by atoms with Crippen LogP contribution in [0.15, 0.2) is 188 Å². The van der Waals surface area contributed by atoms with E-state index in [0.29, 0.717) is 104 Å². The molecule has 4 amide bonds. The molecule has 0 aliphatic carbocycles. The summed E-state index contributed by atoms with van der Waals surface area (Å²) in [5.41, 5.74) is 4.09. The number of nitrogens with one attached hydrogen (secondary N) is 8. The van der Waals surface area contributed by atoms with E-state index in [-0.39, 0.29) is 61.7 Å². The number of nitrogens with zero attached hydrogens (tertiary/aromatic N) is 9. The van der Waals surface area contributed by atoms with Crippen molar-refractivity contribution in [2.45, 2.75) is 52.4 Å². The maximum atomic E-state index is 12.8. The fraction of sp³-hybridized carbons (Fsp3) is 0.0988. The SMILES string of the molecule is Cc1nc(C(F)(F)F)ccc1C(=O)Nc1ccc(Cl)c(-c2nc3c(O)cccc3[nH]2)c1.Cc1nc(C(F)(F)F)ccc1C(=O)Nc1ccc(Cl)c(-c2nc3ccc(O)cc3[nH]2)c1.Cc1nc(C(F)(F)F)ccc1C(=O)Nc1ccc(Cl)c(-c2nc3ccccc3[nH]2)c1.Cc1nc(C(F)(F)F)ccc1C(=O)Nc1nc(-c2nc3ccccc3[nH]2)c(Cl)s1. The number of hydrogen-bond donors (Lipinski definition) is 10. The number of aromatic nitrogens is 13. The molecule has 0 saturated carbocycles. The Morgan fingerprint density at radius 2 is 0.686 bits per heavy atom. The number of aryl methyl sites for hydroxylation is 4. The first-order valence-electron chi connectivity index (χ1n) is 35.0. The third kappa shape index (κ3) is 19.8. The zero-order valence-electron chi connectivity index (χ0n) is 61.9. The van der Waals surface area contributed by atoms with Crippen LogP contribution in [0.25, 0.3) is 89.8 Å². The van der Waals surface area contributed by atoms with E-state index in [4.69, 9.17) is 46.4 Å². The molecule has 9 heterocycles. The Labute approximate surface area is 696 Å². The Hall–Kier alpha value is -13.6. The maximum Gasteiger partial charge on any atom is 0.433 e. The topological polar surface area (TPSA) is 336 Å². The quantitative estimate of drug-likeness (QED) is 0.0508. The van der Waals surface area contributed by atoms with Gasteiger partial charge in [0.1, 0.15) is 67.3 Å². The number of phenolic OH excluding ortho intramolecular Hbond substituents is 2. The van der Waals surface area contributed by atoms with Gasteiger partial charge in [0.25, 0.3) is 23.6 Å². The summed E-state index contributed by atoms with van der Waals surface area (Å²) in [6, 6.07) is 46.1. The molecule has 0 aliphatic rings. The summed E-state index contributed by atoms with van der Waals surface area (Å²) < 4.78 is 154. The fourth-order valence-electron chi connectivity index (χ4n) is 11.9. The molecule has 7 aromatic carbocycles. The van der Waals surface area contributed by atoms with Gasteiger partial charge in [-0.2, -0.15) is 52.7 Å². The number of anilines is 4. The van der Waals surface area contributed by atoms with E-state index >= 15 is 0 Å². The number of imidazole rings is 4.